The zero-order chi connectivity index (χ0) is 17.7. The summed E-state index contributed by atoms with van der Waals surface area (Å²) in [6.07, 6.45) is 5.86. The number of amides is 1. The van der Waals surface area contributed by atoms with Crippen molar-refractivity contribution in [1.82, 2.24) is 0 Å². The van der Waals surface area contributed by atoms with Crippen LogP contribution in [0.1, 0.15) is 53.9 Å². The number of aryl methyl sites for hydroxylation is 1. The average Bonchev–Trinajstić information content (AvgIpc) is 2.68. The number of carbonyl (C=O) groups is 3. The molecule has 0 aliphatic heterocycles. The Morgan fingerprint density at radius 1 is 1.25 bits per heavy atom. The topological polar surface area (TPSA) is 92.7 Å². The van der Waals surface area contributed by atoms with E-state index in [1.165, 1.54) is 18.3 Å². The van der Waals surface area contributed by atoms with Crippen LogP contribution in [0.4, 0.5) is 5.00 Å². The maximum absolute atomic E-state index is 12.3. The van der Waals surface area contributed by atoms with Crippen LogP contribution in [0.5, 0.6) is 0 Å². The fourth-order valence-corrected chi connectivity index (χ4v) is 3.94. The number of carboxylic acid groups (broad SMARTS) is 1. The van der Waals surface area contributed by atoms with Crippen molar-refractivity contribution in [3.63, 3.8) is 0 Å². The average molecular weight is 351 g/mol. The number of fused-ring (bicyclic) bond motifs is 1. The van der Waals surface area contributed by atoms with Crippen LogP contribution in [0.3, 0.4) is 0 Å². The van der Waals surface area contributed by atoms with Crippen molar-refractivity contribution < 1.29 is 24.2 Å². The molecule has 0 saturated carbocycles. The van der Waals surface area contributed by atoms with Gasteiger partial charge in [-0.05, 0) is 45.1 Å². The summed E-state index contributed by atoms with van der Waals surface area (Å²) < 4.78 is 5.14. The zero-order valence-corrected chi connectivity index (χ0v) is 14.6. The van der Waals surface area contributed by atoms with E-state index in [1.807, 2.05) is 0 Å². The molecule has 0 radical (unpaired) electrons. The van der Waals surface area contributed by atoms with E-state index in [1.54, 1.807) is 6.92 Å². The molecule has 0 bridgehead atoms. The van der Waals surface area contributed by atoms with Crippen LogP contribution < -0.4 is 5.32 Å². The lowest BCUT2D eigenvalue weighted by atomic mass is 10.1. The van der Waals surface area contributed by atoms with Crippen molar-refractivity contribution in [3.8, 4) is 0 Å². The van der Waals surface area contributed by atoms with Gasteiger partial charge in [-0.15, -0.1) is 11.3 Å². The fourth-order valence-electron chi connectivity index (χ4n) is 2.66. The monoisotopic (exact) mass is 351 g/mol. The smallest absolute Gasteiger partial charge is 0.341 e. The van der Waals surface area contributed by atoms with Crippen molar-refractivity contribution >= 4 is 34.2 Å². The molecule has 7 heteroatoms. The van der Waals surface area contributed by atoms with Crippen LogP contribution in [0.25, 0.3) is 0 Å². The molecule has 0 saturated heterocycles. The molecule has 0 spiro atoms. The zero-order valence-electron chi connectivity index (χ0n) is 13.8. The number of aliphatic carboxylic acids is 1. The second-order valence-electron chi connectivity index (χ2n) is 5.61. The van der Waals surface area contributed by atoms with Crippen molar-refractivity contribution in [3.05, 3.63) is 27.7 Å². The fraction of sp³-hybridized carbons (Fsp3) is 0.471. The molecule has 1 aromatic rings. The number of carbonyl (C=O) groups excluding carboxylic acids is 2. The van der Waals surface area contributed by atoms with E-state index < -0.39 is 17.8 Å². The minimum absolute atomic E-state index is 0.0664. The summed E-state index contributed by atoms with van der Waals surface area (Å²) in [6.45, 7) is 3.34. The molecular formula is C17H21NO5S. The van der Waals surface area contributed by atoms with Crippen LogP contribution in [-0.4, -0.2) is 29.6 Å². The molecule has 2 rings (SSSR count). The first kappa shape index (κ1) is 18.2. The summed E-state index contributed by atoms with van der Waals surface area (Å²) in [5.74, 6) is -2.15. The van der Waals surface area contributed by atoms with Crippen LogP contribution in [0, 0.1) is 0 Å². The number of anilines is 1. The maximum atomic E-state index is 12.3. The van der Waals surface area contributed by atoms with Gasteiger partial charge in [0.2, 0.25) is 5.91 Å². The lowest BCUT2D eigenvalue weighted by Crippen LogP contribution is -2.14. The second kappa shape index (κ2) is 8.10. The Labute approximate surface area is 144 Å². The van der Waals surface area contributed by atoms with Crippen LogP contribution >= 0.6 is 11.3 Å². The van der Waals surface area contributed by atoms with Crippen molar-refractivity contribution in [2.75, 3.05) is 11.9 Å². The van der Waals surface area contributed by atoms with E-state index >= 15 is 0 Å². The highest BCUT2D eigenvalue weighted by Gasteiger charge is 2.26. The van der Waals surface area contributed by atoms with E-state index in [0.29, 0.717) is 10.6 Å². The molecule has 1 aliphatic carbocycles. The van der Waals surface area contributed by atoms with E-state index in [4.69, 9.17) is 9.84 Å². The Hall–Kier alpha value is -2.15. The number of nitrogens with one attached hydrogen (secondary N) is 1. The number of esters is 1. The standard InChI is InChI=1S/C17H21NO5S/c1-3-23-17(22)14-11-7-5-4-6-8-12(11)24-15(14)18-13(19)9-10(2)16(20)21/h9H,3-8H2,1-2H3,(H,18,19)(H,20,21)/b10-9+. The van der Waals surface area contributed by atoms with Gasteiger partial charge in [0.05, 0.1) is 12.2 Å². The summed E-state index contributed by atoms with van der Waals surface area (Å²) in [4.78, 5) is 36.3. The molecule has 1 heterocycles. The summed E-state index contributed by atoms with van der Waals surface area (Å²) >= 11 is 1.38. The highest BCUT2D eigenvalue weighted by Crippen LogP contribution is 2.38. The third kappa shape index (κ3) is 4.23. The lowest BCUT2D eigenvalue weighted by Gasteiger charge is -2.07. The Bertz CT molecular complexity index is 689. The Kier molecular flexibility index (Phi) is 6.14. The van der Waals surface area contributed by atoms with Gasteiger partial charge in [-0.3, -0.25) is 4.79 Å². The highest BCUT2D eigenvalue weighted by molar-refractivity contribution is 7.17. The summed E-state index contributed by atoms with van der Waals surface area (Å²) in [6, 6.07) is 0. The van der Waals surface area contributed by atoms with Crippen LogP contribution in [0.2, 0.25) is 0 Å². The maximum Gasteiger partial charge on any atom is 0.341 e. The molecule has 24 heavy (non-hydrogen) atoms. The van der Waals surface area contributed by atoms with Gasteiger partial charge in [-0.2, -0.15) is 0 Å². The third-order valence-corrected chi connectivity index (χ3v) is 5.03. The molecule has 0 fully saturated rings. The minimum Gasteiger partial charge on any atom is -0.478 e. The van der Waals surface area contributed by atoms with Crippen molar-refractivity contribution in [2.45, 2.75) is 46.0 Å². The van der Waals surface area contributed by atoms with Crippen LogP contribution in [-0.2, 0) is 27.2 Å². The summed E-state index contributed by atoms with van der Waals surface area (Å²) in [5, 5.41) is 12.0. The van der Waals surface area contributed by atoms with E-state index in [9.17, 15) is 14.4 Å². The number of thiophene rings is 1. The SMILES string of the molecule is CCOC(=O)c1c(NC(=O)/C=C(\C)C(=O)O)sc2c1CCCCC2. The van der Waals surface area contributed by atoms with Gasteiger partial charge in [-0.25, -0.2) is 9.59 Å². The van der Waals surface area contributed by atoms with Gasteiger partial charge in [-0.1, -0.05) is 6.42 Å². The van der Waals surface area contributed by atoms with E-state index in [-0.39, 0.29) is 12.2 Å². The van der Waals surface area contributed by atoms with E-state index in [2.05, 4.69) is 5.32 Å². The molecule has 0 atom stereocenters. The molecule has 1 aliphatic rings. The normalized spacial score (nSPS) is 14.5. The van der Waals surface area contributed by atoms with Gasteiger partial charge in [0.1, 0.15) is 5.00 Å². The predicted octanol–water partition coefficient (Wildman–Crippen LogP) is 3.16. The van der Waals surface area contributed by atoms with Gasteiger partial charge >= 0.3 is 11.9 Å². The van der Waals surface area contributed by atoms with Crippen molar-refractivity contribution in [2.24, 2.45) is 0 Å². The summed E-state index contributed by atoms with van der Waals surface area (Å²) in [7, 11) is 0. The molecule has 1 amide bonds. The third-order valence-electron chi connectivity index (χ3n) is 3.82. The molecule has 2 N–H and O–H groups in total. The van der Waals surface area contributed by atoms with Gasteiger partial charge in [0.25, 0.3) is 0 Å². The predicted molar refractivity (Wildman–Crippen MR) is 91.6 cm³/mol. The molecule has 130 valence electrons. The van der Waals surface area contributed by atoms with Crippen molar-refractivity contribution in [1.29, 1.82) is 0 Å². The molecular weight excluding hydrogens is 330 g/mol. The number of carboxylic acids is 1. The minimum atomic E-state index is -1.15. The Morgan fingerprint density at radius 3 is 2.62 bits per heavy atom. The molecule has 6 nitrogen and oxygen atoms in total. The van der Waals surface area contributed by atoms with Gasteiger partial charge < -0.3 is 15.2 Å². The Balaban J connectivity index is 2.35. The lowest BCUT2D eigenvalue weighted by molar-refractivity contribution is -0.132. The number of rotatable bonds is 5. The first-order valence-corrected chi connectivity index (χ1v) is 8.80. The number of ether oxygens (including phenoxy) is 1. The van der Waals surface area contributed by atoms with Gasteiger partial charge in [0.15, 0.2) is 0 Å². The van der Waals surface area contributed by atoms with E-state index in [0.717, 1.165) is 48.6 Å². The molecule has 1 aromatic heterocycles. The van der Waals surface area contributed by atoms with Gasteiger partial charge in [0, 0.05) is 16.5 Å². The first-order valence-electron chi connectivity index (χ1n) is 7.98. The molecule has 0 unspecified atom stereocenters. The highest BCUT2D eigenvalue weighted by atomic mass is 32.1. The van der Waals surface area contributed by atoms with Crippen LogP contribution in [0.15, 0.2) is 11.6 Å². The number of hydrogen-bond donors (Lipinski definition) is 2. The quantitative estimate of drug-likeness (QED) is 0.483. The molecule has 0 aromatic carbocycles. The summed E-state index contributed by atoms with van der Waals surface area (Å²) in [5.41, 5.74) is 1.32. The number of hydrogen-bond acceptors (Lipinski definition) is 5. The largest absolute Gasteiger partial charge is 0.478 e. The first-order chi connectivity index (χ1) is 11.4. The Morgan fingerprint density at radius 2 is 1.96 bits per heavy atom. The second-order valence-corrected chi connectivity index (χ2v) is 6.72.